The average molecular weight is 245 g/mol. The lowest BCUT2D eigenvalue weighted by atomic mass is 9.92. The minimum Gasteiger partial charge on any atom is -0.382 e. The van der Waals surface area contributed by atoms with Crippen LogP contribution in [0.5, 0.6) is 0 Å². The Kier molecular flexibility index (Phi) is 2.62. The highest BCUT2D eigenvalue weighted by molar-refractivity contribution is 7.17. The molecule has 1 aliphatic rings. The maximum atomic E-state index is 3.68. The van der Waals surface area contributed by atoms with E-state index in [-0.39, 0.29) is 0 Å². The van der Waals surface area contributed by atoms with Crippen LogP contribution in [0.25, 0.3) is 10.1 Å². The van der Waals surface area contributed by atoms with Gasteiger partial charge < -0.3 is 5.32 Å². The lowest BCUT2D eigenvalue weighted by molar-refractivity contribution is 0.378. The summed E-state index contributed by atoms with van der Waals surface area (Å²) >= 11 is 1.81. The molecule has 1 heterocycles. The van der Waals surface area contributed by atoms with Gasteiger partial charge in [-0.2, -0.15) is 0 Å². The number of thiophene rings is 1. The van der Waals surface area contributed by atoms with Crippen molar-refractivity contribution in [3.05, 3.63) is 29.6 Å². The second-order valence-corrected chi connectivity index (χ2v) is 6.87. The van der Waals surface area contributed by atoms with Gasteiger partial charge in [-0.15, -0.1) is 11.3 Å². The first kappa shape index (κ1) is 11.1. The van der Waals surface area contributed by atoms with E-state index in [4.69, 9.17) is 0 Å². The molecule has 2 heteroatoms. The molecule has 0 spiro atoms. The third-order valence-corrected chi connectivity index (χ3v) is 4.69. The molecule has 1 fully saturated rings. The summed E-state index contributed by atoms with van der Waals surface area (Å²) < 4.78 is 1.38. The predicted octanol–water partition coefficient (Wildman–Crippen LogP) is 4.89. The van der Waals surface area contributed by atoms with Crippen molar-refractivity contribution in [3.8, 4) is 0 Å². The lowest BCUT2D eigenvalue weighted by Gasteiger charge is -2.18. The van der Waals surface area contributed by atoms with Crippen LogP contribution in [0.2, 0.25) is 0 Å². The van der Waals surface area contributed by atoms with Crippen molar-refractivity contribution >= 4 is 27.1 Å². The summed E-state index contributed by atoms with van der Waals surface area (Å²) in [5.74, 6) is 0. The van der Waals surface area contributed by atoms with Gasteiger partial charge in [-0.05, 0) is 59.7 Å². The maximum absolute atomic E-state index is 3.68. The van der Waals surface area contributed by atoms with Gasteiger partial charge >= 0.3 is 0 Å². The molecule has 0 radical (unpaired) electrons. The second-order valence-electron chi connectivity index (χ2n) is 5.92. The van der Waals surface area contributed by atoms with E-state index in [1.165, 1.54) is 35.0 Å². The summed E-state index contributed by atoms with van der Waals surface area (Å²) in [7, 11) is 0. The van der Waals surface area contributed by atoms with Crippen molar-refractivity contribution < 1.29 is 0 Å². The Morgan fingerprint density at radius 1 is 1.29 bits per heavy atom. The molecular weight excluding hydrogens is 226 g/mol. The predicted molar refractivity (Wildman–Crippen MR) is 76.9 cm³/mol. The minimum absolute atomic E-state index is 0.518. The van der Waals surface area contributed by atoms with Crippen LogP contribution in [0.4, 0.5) is 5.69 Å². The molecule has 1 aliphatic carbocycles. The van der Waals surface area contributed by atoms with E-state index in [1.54, 1.807) is 0 Å². The summed E-state index contributed by atoms with van der Waals surface area (Å²) in [6.07, 6.45) is 3.93. The van der Waals surface area contributed by atoms with Gasteiger partial charge in [0.2, 0.25) is 0 Å². The second kappa shape index (κ2) is 4.02. The molecule has 1 saturated carbocycles. The van der Waals surface area contributed by atoms with Crippen LogP contribution in [-0.2, 0) is 0 Å². The van der Waals surface area contributed by atoms with Gasteiger partial charge in [-0.1, -0.05) is 13.8 Å². The molecular formula is C15H19NS. The topological polar surface area (TPSA) is 12.0 Å². The van der Waals surface area contributed by atoms with Crippen LogP contribution in [0.1, 0.15) is 33.1 Å². The minimum atomic E-state index is 0.518. The zero-order chi connectivity index (χ0) is 11.9. The first-order chi connectivity index (χ1) is 8.12. The van der Waals surface area contributed by atoms with Crippen LogP contribution in [0.3, 0.4) is 0 Å². The van der Waals surface area contributed by atoms with Gasteiger partial charge in [0, 0.05) is 16.4 Å². The summed E-state index contributed by atoms with van der Waals surface area (Å²) in [4.78, 5) is 0. The van der Waals surface area contributed by atoms with Crippen molar-refractivity contribution in [1.29, 1.82) is 0 Å². The van der Waals surface area contributed by atoms with Crippen molar-refractivity contribution in [2.75, 3.05) is 5.32 Å². The first-order valence-corrected chi connectivity index (χ1v) is 7.24. The third-order valence-electron chi connectivity index (χ3n) is 3.79. The van der Waals surface area contributed by atoms with E-state index >= 15 is 0 Å². The Morgan fingerprint density at radius 3 is 2.94 bits per heavy atom. The molecule has 1 atom stereocenters. The molecule has 1 unspecified atom stereocenters. The van der Waals surface area contributed by atoms with Crippen LogP contribution in [-0.4, -0.2) is 6.04 Å². The van der Waals surface area contributed by atoms with Crippen LogP contribution in [0.15, 0.2) is 29.6 Å². The Hall–Kier alpha value is -1.02. The Morgan fingerprint density at radius 2 is 2.18 bits per heavy atom. The number of benzene rings is 1. The fraction of sp³-hybridized carbons (Fsp3) is 0.467. The van der Waals surface area contributed by atoms with E-state index in [0.717, 1.165) is 0 Å². The van der Waals surface area contributed by atoms with Gasteiger partial charge in [0.05, 0.1) is 0 Å². The normalized spacial score (nSPS) is 23.1. The summed E-state index contributed by atoms with van der Waals surface area (Å²) in [6, 6.07) is 9.56. The standard InChI is InChI=1S/C15H19NS/c1-15(2)7-5-13(10-15)16-12-3-4-14-11(9-12)6-8-17-14/h3-4,6,8-9,13,16H,5,7,10H2,1-2H3. The highest BCUT2D eigenvalue weighted by Crippen LogP contribution is 2.38. The van der Waals surface area contributed by atoms with Crippen LogP contribution >= 0.6 is 11.3 Å². The molecule has 1 nitrogen and oxygen atoms in total. The van der Waals surface area contributed by atoms with Crippen molar-refractivity contribution in [1.82, 2.24) is 0 Å². The highest BCUT2D eigenvalue weighted by atomic mass is 32.1. The van der Waals surface area contributed by atoms with E-state index in [9.17, 15) is 0 Å². The lowest BCUT2D eigenvalue weighted by Crippen LogP contribution is -2.17. The number of hydrogen-bond donors (Lipinski definition) is 1. The fourth-order valence-electron chi connectivity index (χ4n) is 2.85. The first-order valence-electron chi connectivity index (χ1n) is 6.36. The largest absolute Gasteiger partial charge is 0.382 e. The SMILES string of the molecule is CC1(C)CCC(Nc2ccc3sccc3c2)C1. The molecule has 1 aromatic heterocycles. The monoisotopic (exact) mass is 245 g/mol. The van der Waals surface area contributed by atoms with Crippen molar-refractivity contribution in [3.63, 3.8) is 0 Å². The number of rotatable bonds is 2. The number of hydrogen-bond acceptors (Lipinski definition) is 2. The fourth-order valence-corrected chi connectivity index (χ4v) is 3.62. The Bertz CT molecular complexity index is 526. The zero-order valence-corrected chi connectivity index (χ0v) is 11.3. The molecule has 1 N–H and O–H groups in total. The molecule has 0 aliphatic heterocycles. The molecule has 0 amide bonds. The van der Waals surface area contributed by atoms with Crippen LogP contribution in [0, 0.1) is 5.41 Å². The van der Waals surface area contributed by atoms with Gasteiger partial charge in [0.25, 0.3) is 0 Å². The molecule has 0 bridgehead atoms. The quantitative estimate of drug-likeness (QED) is 0.794. The average Bonchev–Trinajstić information content (AvgIpc) is 2.84. The van der Waals surface area contributed by atoms with Crippen molar-refractivity contribution in [2.24, 2.45) is 5.41 Å². The smallest absolute Gasteiger partial charge is 0.0349 e. The molecule has 3 rings (SSSR count). The summed E-state index contributed by atoms with van der Waals surface area (Å²) in [5.41, 5.74) is 1.79. The van der Waals surface area contributed by atoms with Gasteiger partial charge in [-0.3, -0.25) is 0 Å². The number of fused-ring (bicyclic) bond motifs is 1. The van der Waals surface area contributed by atoms with Gasteiger partial charge in [-0.25, -0.2) is 0 Å². The summed E-state index contributed by atoms with van der Waals surface area (Å²) in [6.45, 7) is 4.74. The molecule has 17 heavy (non-hydrogen) atoms. The van der Waals surface area contributed by atoms with E-state index in [0.29, 0.717) is 11.5 Å². The van der Waals surface area contributed by atoms with Crippen molar-refractivity contribution in [2.45, 2.75) is 39.2 Å². The number of anilines is 1. The maximum Gasteiger partial charge on any atom is 0.0349 e. The number of nitrogens with one attached hydrogen (secondary N) is 1. The molecule has 2 aromatic rings. The van der Waals surface area contributed by atoms with Gasteiger partial charge in [0.1, 0.15) is 0 Å². The summed E-state index contributed by atoms with van der Waals surface area (Å²) in [5, 5.41) is 7.20. The third kappa shape index (κ3) is 2.32. The Balaban J connectivity index is 1.76. The molecule has 90 valence electrons. The molecule has 0 saturated heterocycles. The van der Waals surface area contributed by atoms with E-state index in [2.05, 4.69) is 48.8 Å². The van der Waals surface area contributed by atoms with Gasteiger partial charge in [0.15, 0.2) is 0 Å². The van der Waals surface area contributed by atoms with E-state index in [1.807, 2.05) is 11.3 Å². The van der Waals surface area contributed by atoms with E-state index < -0.39 is 0 Å². The molecule has 1 aromatic carbocycles. The Labute approximate surface area is 107 Å². The highest BCUT2D eigenvalue weighted by Gasteiger charge is 2.30. The van der Waals surface area contributed by atoms with Crippen LogP contribution < -0.4 is 5.32 Å². The zero-order valence-electron chi connectivity index (χ0n) is 10.5.